The second-order valence-corrected chi connectivity index (χ2v) is 10.00. The van der Waals surface area contributed by atoms with E-state index < -0.39 is 0 Å². The standard InChI is InChI=1S/C24H26N4O2S/c1-24-8-7-16-15-6-4-14(30-2)9-13(15)3-5-17(16)18(24)10-19(21(24)29)28-12-27-20-22(28)25-11-26-23(20)31/h4,6,9,11-12,16-19H,3,5,7-8,10H2,1-2H3,(H,25,26,31)/t16-,17-,18+,19?,24+/m1/s1. The molecule has 7 heteroatoms. The predicted molar refractivity (Wildman–Crippen MR) is 120 cm³/mol. The molecule has 0 amide bonds. The second-order valence-electron chi connectivity index (χ2n) is 9.61. The Bertz CT molecular complexity index is 1260. The highest BCUT2D eigenvalue weighted by atomic mass is 32.1. The van der Waals surface area contributed by atoms with Crippen molar-refractivity contribution in [1.29, 1.82) is 0 Å². The summed E-state index contributed by atoms with van der Waals surface area (Å²) in [6, 6.07) is 6.36. The number of aromatic nitrogens is 4. The van der Waals surface area contributed by atoms with Gasteiger partial charge in [0, 0.05) is 5.41 Å². The van der Waals surface area contributed by atoms with Crippen molar-refractivity contribution in [2.24, 2.45) is 17.3 Å². The normalized spacial score (nSPS) is 31.9. The van der Waals surface area contributed by atoms with Crippen LogP contribution in [0.5, 0.6) is 5.75 Å². The first kappa shape index (κ1) is 19.2. The van der Waals surface area contributed by atoms with E-state index in [1.54, 1.807) is 19.8 Å². The van der Waals surface area contributed by atoms with Crippen molar-refractivity contribution in [3.05, 3.63) is 46.6 Å². The molecule has 2 aromatic heterocycles. The van der Waals surface area contributed by atoms with Gasteiger partial charge in [0.05, 0.1) is 25.8 Å². The summed E-state index contributed by atoms with van der Waals surface area (Å²) < 4.78 is 7.93. The maximum absolute atomic E-state index is 13.8. The van der Waals surface area contributed by atoms with Crippen LogP contribution in [-0.4, -0.2) is 32.4 Å². The number of methoxy groups -OCH3 is 1. The lowest BCUT2D eigenvalue weighted by molar-refractivity contribution is -0.131. The summed E-state index contributed by atoms with van der Waals surface area (Å²) in [6.45, 7) is 2.21. The number of ether oxygens (including phenoxy) is 1. The first-order valence-corrected chi connectivity index (χ1v) is 11.5. The highest BCUT2D eigenvalue weighted by Gasteiger charge is 2.58. The largest absolute Gasteiger partial charge is 0.497 e. The van der Waals surface area contributed by atoms with E-state index in [0.29, 0.717) is 33.7 Å². The zero-order chi connectivity index (χ0) is 21.3. The van der Waals surface area contributed by atoms with Crippen LogP contribution in [0.1, 0.15) is 55.7 Å². The smallest absolute Gasteiger partial charge is 0.161 e. The maximum Gasteiger partial charge on any atom is 0.161 e. The number of hydrogen-bond donors (Lipinski definition) is 1. The van der Waals surface area contributed by atoms with Gasteiger partial charge in [-0.2, -0.15) is 0 Å². The fourth-order valence-electron chi connectivity index (χ4n) is 6.82. The number of nitrogens with one attached hydrogen (secondary N) is 1. The summed E-state index contributed by atoms with van der Waals surface area (Å²) in [7, 11) is 1.73. The monoisotopic (exact) mass is 434 g/mol. The van der Waals surface area contributed by atoms with E-state index in [4.69, 9.17) is 17.0 Å². The number of benzene rings is 1. The zero-order valence-electron chi connectivity index (χ0n) is 17.8. The van der Waals surface area contributed by atoms with Gasteiger partial charge in [0.2, 0.25) is 0 Å². The van der Waals surface area contributed by atoms with Crippen molar-refractivity contribution < 1.29 is 9.53 Å². The van der Waals surface area contributed by atoms with Crippen molar-refractivity contribution in [2.45, 2.75) is 51.0 Å². The molecular formula is C24H26N4O2S. The topological polar surface area (TPSA) is 72.8 Å². The number of nitrogens with zero attached hydrogens (tertiary/aromatic N) is 3. The van der Waals surface area contributed by atoms with Crippen LogP contribution in [0.15, 0.2) is 30.9 Å². The third-order valence-corrected chi connectivity index (χ3v) is 8.68. The van der Waals surface area contributed by atoms with Crippen molar-refractivity contribution in [1.82, 2.24) is 19.5 Å². The van der Waals surface area contributed by atoms with Gasteiger partial charge in [0.15, 0.2) is 10.4 Å². The lowest BCUT2D eigenvalue weighted by Crippen LogP contribution is -2.42. The van der Waals surface area contributed by atoms with E-state index in [1.807, 2.05) is 4.57 Å². The minimum absolute atomic E-state index is 0.191. The van der Waals surface area contributed by atoms with Crippen LogP contribution in [0.25, 0.3) is 11.2 Å². The minimum atomic E-state index is -0.268. The van der Waals surface area contributed by atoms with Crippen molar-refractivity contribution in [2.75, 3.05) is 7.11 Å². The Balaban J connectivity index is 1.38. The second kappa shape index (κ2) is 6.73. The number of imidazole rings is 1. The minimum Gasteiger partial charge on any atom is -0.497 e. The van der Waals surface area contributed by atoms with Gasteiger partial charge in [0.1, 0.15) is 16.9 Å². The van der Waals surface area contributed by atoms with E-state index in [2.05, 4.69) is 40.1 Å². The quantitative estimate of drug-likeness (QED) is 0.588. The van der Waals surface area contributed by atoms with Gasteiger partial charge in [-0.25, -0.2) is 9.97 Å². The fourth-order valence-corrected chi connectivity index (χ4v) is 7.03. The summed E-state index contributed by atoms with van der Waals surface area (Å²) in [5, 5.41) is 0. The van der Waals surface area contributed by atoms with Crippen LogP contribution in [-0.2, 0) is 11.2 Å². The summed E-state index contributed by atoms with van der Waals surface area (Å²) in [4.78, 5) is 25.5. The molecule has 2 saturated carbocycles. The average Bonchev–Trinajstić information content (AvgIpc) is 3.33. The van der Waals surface area contributed by atoms with Crippen LogP contribution in [0.4, 0.5) is 0 Å². The Hall–Kier alpha value is -2.54. The van der Waals surface area contributed by atoms with Gasteiger partial charge in [-0.1, -0.05) is 25.2 Å². The fraction of sp³-hybridized carbons (Fsp3) is 0.500. The molecule has 1 N–H and O–H groups in total. The molecule has 2 fully saturated rings. The molecule has 3 aromatic rings. The van der Waals surface area contributed by atoms with Gasteiger partial charge in [0.25, 0.3) is 0 Å². The molecular weight excluding hydrogens is 408 g/mol. The molecule has 5 atom stereocenters. The van der Waals surface area contributed by atoms with E-state index >= 15 is 0 Å². The number of carbonyl (C=O) groups excluding carboxylic acids is 1. The van der Waals surface area contributed by atoms with Crippen molar-refractivity contribution in [3.63, 3.8) is 0 Å². The Morgan fingerprint density at radius 3 is 3.00 bits per heavy atom. The molecule has 1 aromatic carbocycles. The van der Waals surface area contributed by atoms with Crippen LogP contribution in [0.2, 0.25) is 0 Å². The van der Waals surface area contributed by atoms with Gasteiger partial charge in [-0.15, -0.1) is 0 Å². The number of ketones is 1. The molecule has 0 saturated heterocycles. The molecule has 3 aliphatic rings. The lowest BCUT2D eigenvalue weighted by atomic mass is 9.55. The molecule has 160 valence electrons. The highest BCUT2D eigenvalue weighted by Crippen LogP contribution is 2.61. The number of rotatable bonds is 2. The van der Waals surface area contributed by atoms with Crippen LogP contribution < -0.4 is 4.74 Å². The molecule has 3 aliphatic carbocycles. The van der Waals surface area contributed by atoms with E-state index in [-0.39, 0.29) is 11.5 Å². The molecule has 6 rings (SSSR count). The number of aryl methyl sites for hydroxylation is 1. The Morgan fingerprint density at radius 1 is 1.29 bits per heavy atom. The molecule has 0 aliphatic heterocycles. The van der Waals surface area contributed by atoms with Gasteiger partial charge in [-0.3, -0.25) is 4.79 Å². The molecule has 0 spiro atoms. The lowest BCUT2D eigenvalue weighted by Gasteiger charge is -2.48. The van der Waals surface area contributed by atoms with Gasteiger partial charge < -0.3 is 14.3 Å². The molecule has 0 bridgehead atoms. The summed E-state index contributed by atoms with van der Waals surface area (Å²) in [5.74, 6) is 2.76. The Kier molecular flexibility index (Phi) is 4.16. The van der Waals surface area contributed by atoms with Crippen LogP contribution in [0, 0.1) is 21.9 Å². The van der Waals surface area contributed by atoms with Crippen molar-refractivity contribution in [3.8, 4) is 5.75 Å². The average molecular weight is 435 g/mol. The third-order valence-electron chi connectivity index (χ3n) is 8.38. The summed E-state index contributed by atoms with van der Waals surface area (Å²) in [5.41, 5.74) is 4.10. The molecule has 31 heavy (non-hydrogen) atoms. The first-order valence-electron chi connectivity index (χ1n) is 11.1. The van der Waals surface area contributed by atoms with Crippen LogP contribution in [0.3, 0.4) is 0 Å². The maximum atomic E-state index is 13.8. The number of hydrogen-bond acceptors (Lipinski definition) is 5. The highest BCUT2D eigenvalue weighted by molar-refractivity contribution is 7.71. The summed E-state index contributed by atoms with van der Waals surface area (Å²) >= 11 is 5.33. The number of Topliss-reactive ketones (excluding diaryl/α,β-unsaturated/α-hetero) is 1. The molecule has 0 radical (unpaired) electrons. The van der Waals surface area contributed by atoms with E-state index in [0.717, 1.165) is 43.5 Å². The Morgan fingerprint density at radius 2 is 2.16 bits per heavy atom. The summed E-state index contributed by atoms with van der Waals surface area (Å²) in [6.07, 6.45) is 8.46. The molecule has 6 nitrogen and oxygen atoms in total. The van der Waals surface area contributed by atoms with Gasteiger partial charge >= 0.3 is 0 Å². The van der Waals surface area contributed by atoms with Crippen molar-refractivity contribution >= 4 is 29.2 Å². The zero-order valence-corrected chi connectivity index (χ0v) is 18.6. The van der Waals surface area contributed by atoms with Gasteiger partial charge in [-0.05, 0) is 73.1 Å². The first-order chi connectivity index (χ1) is 15.0. The van der Waals surface area contributed by atoms with Crippen LogP contribution >= 0.6 is 12.2 Å². The number of carbonyl (C=O) groups is 1. The number of H-pyrrole nitrogens is 1. The number of fused-ring (bicyclic) bond motifs is 6. The van der Waals surface area contributed by atoms with E-state index in [9.17, 15) is 4.79 Å². The predicted octanol–water partition coefficient (Wildman–Crippen LogP) is 4.77. The third kappa shape index (κ3) is 2.62. The molecule has 1 unspecified atom stereocenters. The number of aromatic amines is 1. The SMILES string of the molecule is COc1ccc2c(c1)CC[C@@H]1[C@@H]2CC[C@]2(C)C(=O)C(n3cnc4c(=S)nc[nH]c43)C[C@@H]12. The van der Waals surface area contributed by atoms with E-state index in [1.165, 1.54) is 11.1 Å². The molecule has 2 heterocycles. The Labute approximate surface area is 186 Å².